The standard InChI is InChI=1S/C10H18N2O/c1-7-4-12(3-2-11-7)10-8-5-13-6-9(8)10/h7-11H,2-6H2,1H3. The van der Waals surface area contributed by atoms with Gasteiger partial charge in [-0.2, -0.15) is 0 Å². The van der Waals surface area contributed by atoms with Gasteiger partial charge in [-0.05, 0) is 6.92 Å². The summed E-state index contributed by atoms with van der Waals surface area (Å²) in [5, 5.41) is 3.49. The van der Waals surface area contributed by atoms with Crippen molar-refractivity contribution in [3.63, 3.8) is 0 Å². The molecule has 1 N–H and O–H groups in total. The second-order valence-corrected chi connectivity index (χ2v) is 4.71. The number of nitrogens with one attached hydrogen (secondary N) is 1. The highest BCUT2D eigenvalue weighted by Gasteiger charge is 2.56. The lowest BCUT2D eigenvalue weighted by atomic mass is 10.2. The van der Waals surface area contributed by atoms with E-state index < -0.39 is 0 Å². The van der Waals surface area contributed by atoms with Gasteiger partial charge in [-0.15, -0.1) is 0 Å². The van der Waals surface area contributed by atoms with E-state index >= 15 is 0 Å². The number of nitrogens with zero attached hydrogens (tertiary/aromatic N) is 1. The molecule has 3 nitrogen and oxygen atoms in total. The largest absolute Gasteiger partial charge is 0.381 e. The maximum Gasteiger partial charge on any atom is 0.0513 e. The molecular formula is C10H18N2O. The number of piperazine rings is 1. The molecule has 13 heavy (non-hydrogen) atoms. The minimum Gasteiger partial charge on any atom is -0.381 e. The van der Waals surface area contributed by atoms with Crippen molar-refractivity contribution in [1.29, 1.82) is 0 Å². The van der Waals surface area contributed by atoms with Crippen LogP contribution in [0.1, 0.15) is 6.92 Å². The molecular weight excluding hydrogens is 164 g/mol. The average Bonchev–Trinajstić information content (AvgIpc) is 2.61. The van der Waals surface area contributed by atoms with Crippen LogP contribution >= 0.6 is 0 Å². The van der Waals surface area contributed by atoms with Crippen molar-refractivity contribution in [2.45, 2.75) is 19.0 Å². The highest BCUT2D eigenvalue weighted by atomic mass is 16.5. The fraction of sp³-hybridized carbons (Fsp3) is 1.00. The van der Waals surface area contributed by atoms with Gasteiger partial charge in [-0.1, -0.05) is 0 Å². The highest BCUT2D eigenvalue weighted by molar-refractivity contribution is 5.08. The van der Waals surface area contributed by atoms with E-state index in [1.807, 2.05) is 0 Å². The predicted octanol–water partition coefficient (Wildman–Crippen LogP) is -0.0751. The van der Waals surface area contributed by atoms with E-state index in [2.05, 4.69) is 17.1 Å². The summed E-state index contributed by atoms with van der Waals surface area (Å²) in [5.41, 5.74) is 0. The molecule has 0 spiro atoms. The van der Waals surface area contributed by atoms with E-state index in [1.165, 1.54) is 13.1 Å². The zero-order valence-electron chi connectivity index (χ0n) is 8.20. The number of fused-ring (bicyclic) bond motifs is 1. The first-order valence-electron chi connectivity index (χ1n) is 5.41. The Balaban J connectivity index is 1.60. The molecule has 1 aliphatic carbocycles. The first-order valence-corrected chi connectivity index (χ1v) is 5.41. The Labute approximate surface area is 79.4 Å². The number of ether oxygens (including phenoxy) is 1. The monoisotopic (exact) mass is 182 g/mol. The fourth-order valence-electron chi connectivity index (χ4n) is 2.98. The van der Waals surface area contributed by atoms with Crippen molar-refractivity contribution in [2.75, 3.05) is 32.8 Å². The molecule has 3 fully saturated rings. The Hall–Kier alpha value is -0.120. The lowest BCUT2D eigenvalue weighted by Crippen LogP contribution is -2.51. The van der Waals surface area contributed by atoms with Crippen LogP contribution in [-0.4, -0.2) is 49.8 Å². The summed E-state index contributed by atoms with van der Waals surface area (Å²) < 4.78 is 5.41. The SMILES string of the molecule is CC1CN(C2C3COCC32)CCN1. The van der Waals surface area contributed by atoms with Crippen LogP contribution in [0, 0.1) is 11.8 Å². The predicted molar refractivity (Wildman–Crippen MR) is 50.6 cm³/mol. The molecule has 0 aromatic carbocycles. The second kappa shape index (κ2) is 2.94. The minimum atomic E-state index is 0.677. The van der Waals surface area contributed by atoms with Gasteiger partial charge in [0.2, 0.25) is 0 Å². The Morgan fingerprint density at radius 1 is 1.31 bits per heavy atom. The van der Waals surface area contributed by atoms with E-state index in [0.717, 1.165) is 37.6 Å². The van der Waals surface area contributed by atoms with Crippen LogP contribution in [0.25, 0.3) is 0 Å². The number of hydrogen-bond donors (Lipinski definition) is 1. The Bertz CT molecular complexity index is 199. The summed E-state index contributed by atoms with van der Waals surface area (Å²) in [7, 11) is 0. The first kappa shape index (κ1) is 8.21. The van der Waals surface area contributed by atoms with E-state index in [9.17, 15) is 0 Å². The maximum absolute atomic E-state index is 5.41. The summed E-state index contributed by atoms with van der Waals surface area (Å²) in [4.78, 5) is 2.67. The van der Waals surface area contributed by atoms with Gasteiger partial charge < -0.3 is 10.1 Å². The van der Waals surface area contributed by atoms with Crippen LogP contribution in [0.5, 0.6) is 0 Å². The normalized spacial score (nSPS) is 50.5. The van der Waals surface area contributed by atoms with E-state index in [4.69, 9.17) is 4.74 Å². The number of rotatable bonds is 1. The summed E-state index contributed by atoms with van der Waals surface area (Å²) in [6.07, 6.45) is 0. The third kappa shape index (κ3) is 1.30. The minimum absolute atomic E-state index is 0.677. The molecule has 3 heteroatoms. The second-order valence-electron chi connectivity index (χ2n) is 4.71. The quantitative estimate of drug-likeness (QED) is 0.614. The molecule has 0 aromatic heterocycles. The van der Waals surface area contributed by atoms with Crippen LogP contribution in [0.4, 0.5) is 0 Å². The van der Waals surface area contributed by atoms with Crippen molar-refractivity contribution >= 4 is 0 Å². The van der Waals surface area contributed by atoms with Crippen LogP contribution in [0.2, 0.25) is 0 Å². The van der Waals surface area contributed by atoms with Crippen molar-refractivity contribution < 1.29 is 4.74 Å². The average molecular weight is 182 g/mol. The van der Waals surface area contributed by atoms with Crippen molar-refractivity contribution in [2.24, 2.45) is 11.8 Å². The van der Waals surface area contributed by atoms with Gasteiger partial charge >= 0.3 is 0 Å². The van der Waals surface area contributed by atoms with Crippen molar-refractivity contribution in [3.8, 4) is 0 Å². The lowest BCUT2D eigenvalue weighted by Gasteiger charge is -2.33. The third-order valence-corrected chi connectivity index (χ3v) is 3.73. The highest BCUT2D eigenvalue weighted by Crippen LogP contribution is 2.47. The molecule has 0 radical (unpaired) electrons. The Morgan fingerprint density at radius 2 is 2.08 bits per heavy atom. The van der Waals surface area contributed by atoms with Gasteiger partial charge in [0.25, 0.3) is 0 Å². The molecule has 3 unspecified atom stereocenters. The lowest BCUT2D eigenvalue weighted by molar-refractivity contribution is 0.108. The zero-order chi connectivity index (χ0) is 8.84. The van der Waals surface area contributed by atoms with Crippen LogP contribution in [0.3, 0.4) is 0 Å². The molecule has 3 rings (SSSR count). The maximum atomic E-state index is 5.41. The topological polar surface area (TPSA) is 24.5 Å². The van der Waals surface area contributed by atoms with Gasteiger partial charge in [0.05, 0.1) is 13.2 Å². The van der Waals surface area contributed by atoms with Gasteiger partial charge in [-0.3, -0.25) is 4.90 Å². The summed E-state index contributed by atoms with van der Waals surface area (Å²) in [6, 6.07) is 1.55. The van der Waals surface area contributed by atoms with Gasteiger partial charge in [0.1, 0.15) is 0 Å². The molecule has 2 aliphatic heterocycles. The molecule has 74 valence electrons. The van der Waals surface area contributed by atoms with Gasteiger partial charge in [0, 0.05) is 43.6 Å². The van der Waals surface area contributed by atoms with Gasteiger partial charge in [-0.25, -0.2) is 0 Å². The first-order chi connectivity index (χ1) is 6.36. The van der Waals surface area contributed by atoms with Gasteiger partial charge in [0.15, 0.2) is 0 Å². The molecule has 0 amide bonds. The Kier molecular flexibility index (Phi) is 1.86. The summed E-state index contributed by atoms with van der Waals surface area (Å²) >= 11 is 0. The smallest absolute Gasteiger partial charge is 0.0513 e. The summed E-state index contributed by atoms with van der Waals surface area (Å²) in [6.45, 7) is 7.96. The van der Waals surface area contributed by atoms with Crippen molar-refractivity contribution in [1.82, 2.24) is 10.2 Å². The Morgan fingerprint density at radius 3 is 2.77 bits per heavy atom. The summed E-state index contributed by atoms with van der Waals surface area (Å²) in [5.74, 6) is 1.76. The molecule has 0 aromatic rings. The molecule has 2 saturated heterocycles. The van der Waals surface area contributed by atoms with Crippen LogP contribution in [0.15, 0.2) is 0 Å². The van der Waals surface area contributed by atoms with Crippen LogP contribution in [-0.2, 0) is 4.74 Å². The van der Waals surface area contributed by atoms with E-state index in [0.29, 0.717) is 6.04 Å². The molecule has 3 atom stereocenters. The fourth-order valence-corrected chi connectivity index (χ4v) is 2.98. The van der Waals surface area contributed by atoms with Crippen LogP contribution < -0.4 is 5.32 Å². The molecule has 2 heterocycles. The third-order valence-electron chi connectivity index (χ3n) is 3.73. The molecule has 0 bridgehead atoms. The van der Waals surface area contributed by atoms with E-state index in [1.54, 1.807) is 0 Å². The zero-order valence-corrected chi connectivity index (χ0v) is 8.20. The van der Waals surface area contributed by atoms with E-state index in [-0.39, 0.29) is 0 Å². The van der Waals surface area contributed by atoms with Crippen molar-refractivity contribution in [3.05, 3.63) is 0 Å². The molecule has 1 saturated carbocycles. The molecule has 3 aliphatic rings. The number of hydrogen-bond acceptors (Lipinski definition) is 3.